The molecule has 0 spiro atoms. The topological polar surface area (TPSA) is 92.9 Å². The molecular weight excluding hydrogens is 426 g/mol. The van der Waals surface area contributed by atoms with Gasteiger partial charge in [0.15, 0.2) is 24.7 Å². The summed E-state index contributed by atoms with van der Waals surface area (Å²) in [7, 11) is 1.31. The predicted molar refractivity (Wildman–Crippen MR) is 99.7 cm³/mol. The maximum atomic E-state index is 12.4. The number of carbonyl (C=O) groups is 1. The molecule has 0 N–H and O–H groups in total. The number of methoxy groups -OCH3 is 1. The lowest BCUT2D eigenvalue weighted by molar-refractivity contribution is -0.148. The van der Waals surface area contributed by atoms with E-state index in [-0.39, 0.29) is 36.4 Å². The van der Waals surface area contributed by atoms with Crippen LogP contribution >= 0.6 is 11.6 Å². The summed E-state index contributed by atoms with van der Waals surface area (Å²) in [5.74, 6) is -0.192. The first-order valence-corrected chi connectivity index (χ1v) is 8.83. The van der Waals surface area contributed by atoms with Crippen LogP contribution in [-0.2, 0) is 16.1 Å². The molecule has 0 aliphatic rings. The Kier molecular flexibility index (Phi) is 7.02. The van der Waals surface area contributed by atoms with E-state index in [9.17, 15) is 13.6 Å². The molecule has 11 heteroatoms. The van der Waals surface area contributed by atoms with E-state index in [1.54, 1.807) is 24.3 Å². The van der Waals surface area contributed by atoms with E-state index >= 15 is 0 Å². The number of alkyl halides is 2. The average molecular weight is 441 g/mol. The van der Waals surface area contributed by atoms with E-state index in [1.807, 2.05) is 0 Å². The SMILES string of the molecule is COc1cc(-c2noc(COC(=O)COc3ccccc3Cl)n2)ccc1OC(F)F. The highest BCUT2D eigenvalue weighted by Crippen LogP contribution is 2.32. The smallest absolute Gasteiger partial charge is 0.387 e. The molecule has 0 amide bonds. The molecule has 0 atom stereocenters. The Morgan fingerprint density at radius 1 is 1.17 bits per heavy atom. The minimum absolute atomic E-state index is 0.0305. The fraction of sp³-hybridized carbons (Fsp3) is 0.211. The van der Waals surface area contributed by atoms with Crippen LogP contribution in [0, 0.1) is 0 Å². The number of carbonyl (C=O) groups excluding carboxylic acids is 1. The van der Waals surface area contributed by atoms with Gasteiger partial charge >= 0.3 is 12.6 Å². The third kappa shape index (κ3) is 5.57. The Morgan fingerprint density at radius 3 is 2.70 bits per heavy atom. The number of esters is 1. The first-order valence-electron chi connectivity index (χ1n) is 8.45. The lowest BCUT2D eigenvalue weighted by atomic mass is 10.2. The van der Waals surface area contributed by atoms with E-state index in [0.717, 1.165) is 0 Å². The molecule has 8 nitrogen and oxygen atoms in total. The van der Waals surface area contributed by atoms with Crippen LogP contribution in [0.4, 0.5) is 8.78 Å². The summed E-state index contributed by atoms with van der Waals surface area (Å²) in [4.78, 5) is 15.9. The number of halogens is 3. The molecule has 1 aromatic heterocycles. The lowest BCUT2D eigenvalue weighted by Gasteiger charge is -2.10. The maximum absolute atomic E-state index is 12.4. The van der Waals surface area contributed by atoms with E-state index in [1.165, 1.54) is 25.3 Å². The number of para-hydroxylation sites is 1. The van der Waals surface area contributed by atoms with Gasteiger partial charge in [0.1, 0.15) is 5.75 Å². The normalized spacial score (nSPS) is 10.7. The third-order valence-electron chi connectivity index (χ3n) is 3.64. The second-order valence-electron chi connectivity index (χ2n) is 5.64. The Balaban J connectivity index is 1.57. The van der Waals surface area contributed by atoms with Crippen molar-refractivity contribution < 1.29 is 37.0 Å². The quantitative estimate of drug-likeness (QED) is 0.459. The van der Waals surface area contributed by atoms with Crippen molar-refractivity contribution >= 4 is 17.6 Å². The summed E-state index contributed by atoms with van der Waals surface area (Å²) in [5, 5.41) is 4.13. The monoisotopic (exact) mass is 440 g/mol. The zero-order valence-corrected chi connectivity index (χ0v) is 16.3. The van der Waals surface area contributed by atoms with Crippen LogP contribution in [0.3, 0.4) is 0 Å². The van der Waals surface area contributed by atoms with Crippen LogP contribution in [0.2, 0.25) is 5.02 Å². The Hall–Kier alpha value is -3.40. The van der Waals surface area contributed by atoms with Crippen LogP contribution in [-0.4, -0.2) is 36.4 Å². The predicted octanol–water partition coefficient (Wildman–Crippen LogP) is 4.12. The Bertz CT molecular complexity index is 1010. The number of benzene rings is 2. The van der Waals surface area contributed by atoms with Gasteiger partial charge in [-0.3, -0.25) is 0 Å². The number of ether oxygens (including phenoxy) is 4. The van der Waals surface area contributed by atoms with Gasteiger partial charge in [-0.1, -0.05) is 28.9 Å². The Morgan fingerprint density at radius 2 is 1.97 bits per heavy atom. The molecule has 158 valence electrons. The van der Waals surface area contributed by atoms with E-state index < -0.39 is 12.6 Å². The minimum atomic E-state index is -2.99. The van der Waals surface area contributed by atoms with Gasteiger partial charge in [-0.05, 0) is 30.3 Å². The first-order chi connectivity index (χ1) is 14.5. The second-order valence-corrected chi connectivity index (χ2v) is 6.04. The molecule has 30 heavy (non-hydrogen) atoms. The van der Waals surface area contributed by atoms with Gasteiger partial charge in [0.05, 0.1) is 12.1 Å². The molecule has 2 aromatic carbocycles. The van der Waals surface area contributed by atoms with Gasteiger partial charge in [-0.25, -0.2) is 4.79 Å². The Labute approximate surface area is 174 Å². The molecule has 0 radical (unpaired) electrons. The molecular formula is C19H15ClF2N2O6. The first kappa shape index (κ1) is 21.3. The van der Waals surface area contributed by atoms with Gasteiger partial charge in [0, 0.05) is 5.56 Å². The average Bonchev–Trinajstić information content (AvgIpc) is 3.20. The van der Waals surface area contributed by atoms with Gasteiger partial charge in [0.25, 0.3) is 5.89 Å². The van der Waals surface area contributed by atoms with Crippen molar-refractivity contribution in [3.63, 3.8) is 0 Å². The number of rotatable bonds is 9. The molecule has 3 rings (SSSR count). The van der Waals surface area contributed by atoms with Crippen molar-refractivity contribution in [1.82, 2.24) is 10.1 Å². The van der Waals surface area contributed by atoms with Crippen molar-refractivity contribution in [2.24, 2.45) is 0 Å². The fourth-order valence-electron chi connectivity index (χ4n) is 2.31. The van der Waals surface area contributed by atoms with E-state index in [4.69, 9.17) is 30.3 Å². The molecule has 3 aromatic rings. The highest BCUT2D eigenvalue weighted by atomic mass is 35.5. The van der Waals surface area contributed by atoms with Gasteiger partial charge in [0.2, 0.25) is 5.82 Å². The third-order valence-corrected chi connectivity index (χ3v) is 3.96. The zero-order chi connectivity index (χ0) is 21.5. The molecule has 0 aliphatic heterocycles. The van der Waals surface area contributed by atoms with Crippen molar-refractivity contribution in [1.29, 1.82) is 0 Å². The lowest BCUT2D eigenvalue weighted by Crippen LogP contribution is -2.15. The summed E-state index contributed by atoms with van der Waals surface area (Å²) in [6.45, 7) is -3.62. The molecule has 1 heterocycles. The van der Waals surface area contributed by atoms with Gasteiger partial charge in [-0.15, -0.1) is 0 Å². The van der Waals surface area contributed by atoms with Crippen LogP contribution in [0.25, 0.3) is 11.4 Å². The summed E-state index contributed by atoms with van der Waals surface area (Å²) in [6.07, 6.45) is 0. The molecule has 0 unspecified atom stereocenters. The van der Waals surface area contributed by atoms with Crippen LogP contribution < -0.4 is 14.2 Å². The fourth-order valence-corrected chi connectivity index (χ4v) is 2.50. The number of nitrogens with zero attached hydrogens (tertiary/aromatic N) is 2. The van der Waals surface area contributed by atoms with Crippen LogP contribution in [0.15, 0.2) is 47.0 Å². The van der Waals surface area contributed by atoms with Crippen molar-refractivity contribution in [3.8, 4) is 28.6 Å². The highest BCUT2D eigenvalue weighted by Gasteiger charge is 2.16. The standard InChI is InChI=1S/C19H15ClF2N2O6/c1-26-15-8-11(6-7-14(15)29-19(21)22)18-23-16(30-24-18)9-28-17(25)10-27-13-5-3-2-4-12(13)20/h2-8,19H,9-10H2,1H3. The molecule has 0 fully saturated rings. The molecule has 0 saturated carbocycles. The molecule has 0 saturated heterocycles. The maximum Gasteiger partial charge on any atom is 0.387 e. The van der Waals surface area contributed by atoms with Crippen molar-refractivity contribution in [2.75, 3.05) is 13.7 Å². The number of aromatic nitrogens is 2. The van der Waals surface area contributed by atoms with Gasteiger partial charge < -0.3 is 23.5 Å². The number of hydrogen-bond donors (Lipinski definition) is 0. The van der Waals surface area contributed by atoms with Crippen molar-refractivity contribution in [2.45, 2.75) is 13.2 Å². The van der Waals surface area contributed by atoms with Crippen LogP contribution in [0.1, 0.15) is 5.89 Å². The molecule has 0 aliphatic carbocycles. The van der Waals surface area contributed by atoms with E-state index in [2.05, 4.69) is 14.9 Å². The number of hydrogen-bond acceptors (Lipinski definition) is 8. The summed E-state index contributed by atoms with van der Waals surface area (Å²) >= 11 is 5.93. The summed E-state index contributed by atoms with van der Waals surface area (Å²) in [6, 6.07) is 10.9. The van der Waals surface area contributed by atoms with Crippen LogP contribution in [0.5, 0.6) is 17.2 Å². The summed E-state index contributed by atoms with van der Waals surface area (Å²) in [5.41, 5.74) is 0.428. The van der Waals surface area contributed by atoms with Crippen molar-refractivity contribution in [3.05, 3.63) is 53.4 Å². The minimum Gasteiger partial charge on any atom is -0.493 e. The zero-order valence-electron chi connectivity index (χ0n) is 15.5. The van der Waals surface area contributed by atoms with Gasteiger partial charge in [-0.2, -0.15) is 13.8 Å². The second kappa shape index (κ2) is 9.88. The highest BCUT2D eigenvalue weighted by molar-refractivity contribution is 6.32. The molecule has 0 bridgehead atoms. The summed E-state index contributed by atoms with van der Waals surface area (Å²) < 4.78 is 49.5. The largest absolute Gasteiger partial charge is 0.493 e. The van der Waals surface area contributed by atoms with E-state index in [0.29, 0.717) is 16.3 Å².